The average Bonchev–Trinajstić information content (AvgIpc) is 2.65. The highest BCUT2D eigenvalue weighted by atomic mass is 19.1. The van der Waals surface area contributed by atoms with E-state index in [1.165, 1.54) is 5.69 Å². The van der Waals surface area contributed by atoms with Crippen molar-refractivity contribution in [3.63, 3.8) is 0 Å². The lowest BCUT2D eigenvalue weighted by Gasteiger charge is -2.22. The summed E-state index contributed by atoms with van der Waals surface area (Å²) in [5.41, 5.74) is 4.19. The largest absolute Gasteiger partial charge is 0.372 e. The van der Waals surface area contributed by atoms with Gasteiger partial charge < -0.3 is 9.80 Å². The molecule has 0 radical (unpaired) electrons. The van der Waals surface area contributed by atoms with Gasteiger partial charge in [-0.2, -0.15) is 0 Å². The Morgan fingerprint density at radius 1 is 0.760 bits per heavy atom. The van der Waals surface area contributed by atoms with Crippen LogP contribution < -0.4 is 9.80 Å². The highest BCUT2D eigenvalue weighted by Gasteiger charge is 2.08. The molecule has 0 spiro atoms. The molecule has 1 heterocycles. The molecule has 0 fully saturated rings. The summed E-state index contributed by atoms with van der Waals surface area (Å²) >= 11 is 0. The van der Waals surface area contributed by atoms with Gasteiger partial charge in [0.05, 0.1) is 11.0 Å². The molecule has 0 amide bonds. The van der Waals surface area contributed by atoms with E-state index in [2.05, 4.69) is 61.2 Å². The first-order valence-corrected chi connectivity index (χ1v) is 9.10. The molecule has 0 aliphatic heterocycles. The van der Waals surface area contributed by atoms with Crippen molar-refractivity contribution in [2.75, 3.05) is 42.7 Å². The van der Waals surface area contributed by atoms with Crippen molar-refractivity contribution in [2.45, 2.75) is 20.8 Å². The molecule has 0 saturated carbocycles. The summed E-state index contributed by atoms with van der Waals surface area (Å²) in [5.74, 6) is 0. The van der Waals surface area contributed by atoms with Gasteiger partial charge in [0.25, 0.3) is 0 Å². The molecule has 0 aliphatic carbocycles. The molecule has 0 aliphatic rings. The quantitative estimate of drug-likeness (QED) is 0.563. The molecule has 2 aromatic carbocycles. The second-order valence-corrected chi connectivity index (χ2v) is 6.18. The van der Waals surface area contributed by atoms with Gasteiger partial charge in [-0.05, 0) is 51.1 Å². The minimum Gasteiger partial charge on any atom is -0.372 e. The number of rotatable bonds is 7. The smallest absolute Gasteiger partial charge is 0.107 e. The number of nitrogens with zero attached hydrogens (tertiary/aromatic N) is 3. The molecule has 0 atom stereocenters. The number of hydrogen-bond acceptors (Lipinski definition) is 3. The van der Waals surface area contributed by atoms with Gasteiger partial charge in [0, 0.05) is 48.3 Å². The molecule has 3 aromatic rings. The monoisotopic (exact) mass is 339 g/mol. The Morgan fingerprint density at radius 2 is 1.28 bits per heavy atom. The first-order valence-electron chi connectivity index (χ1n) is 9.10. The fourth-order valence-electron chi connectivity index (χ4n) is 3.35. The Balaban J connectivity index is 2.07. The summed E-state index contributed by atoms with van der Waals surface area (Å²) in [5, 5.41) is 2.26. The first kappa shape index (κ1) is 17.5. The molecule has 0 unspecified atom stereocenters. The van der Waals surface area contributed by atoms with E-state index in [4.69, 9.17) is 4.98 Å². The van der Waals surface area contributed by atoms with Crippen molar-refractivity contribution >= 4 is 33.2 Å². The van der Waals surface area contributed by atoms with Gasteiger partial charge in [-0.25, -0.2) is 9.37 Å². The first-order chi connectivity index (χ1) is 12.2. The van der Waals surface area contributed by atoms with E-state index in [-0.39, 0.29) is 6.67 Å². The van der Waals surface area contributed by atoms with Crippen LogP contribution in [0.4, 0.5) is 15.8 Å². The Hall–Kier alpha value is -2.36. The Kier molecular flexibility index (Phi) is 5.37. The second kappa shape index (κ2) is 7.68. The number of pyridine rings is 1. The molecular formula is C21H26FN3. The van der Waals surface area contributed by atoms with Crippen LogP contribution in [0.15, 0.2) is 42.5 Å². The zero-order chi connectivity index (χ0) is 17.8. The minimum atomic E-state index is -0.343. The van der Waals surface area contributed by atoms with E-state index >= 15 is 0 Å². The molecule has 0 saturated heterocycles. The van der Waals surface area contributed by atoms with Crippen LogP contribution in [-0.2, 0) is 0 Å². The van der Waals surface area contributed by atoms with Crippen molar-refractivity contribution < 1.29 is 4.39 Å². The summed E-state index contributed by atoms with van der Waals surface area (Å²) in [6, 6.07) is 14.8. The Morgan fingerprint density at radius 3 is 1.76 bits per heavy atom. The van der Waals surface area contributed by atoms with E-state index in [9.17, 15) is 4.39 Å². The third-order valence-corrected chi connectivity index (χ3v) is 4.81. The topological polar surface area (TPSA) is 19.4 Å². The van der Waals surface area contributed by atoms with Crippen LogP contribution in [0.1, 0.15) is 20.8 Å². The Bertz CT molecular complexity index is 858. The van der Waals surface area contributed by atoms with Crippen molar-refractivity contribution in [1.82, 2.24) is 4.98 Å². The van der Waals surface area contributed by atoms with E-state index in [0.717, 1.165) is 47.1 Å². The predicted octanol–water partition coefficient (Wildman–Crippen LogP) is 5.03. The van der Waals surface area contributed by atoms with Crippen LogP contribution in [0.3, 0.4) is 0 Å². The fraction of sp³-hybridized carbons (Fsp3) is 0.381. The molecule has 25 heavy (non-hydrogen) atoms. The van der Waals surface area contributed by atoms with Gasteiger partial charge >= 0.3 is 0 Å². The summed E-state index contributed by atoms with van der Waals surface area (Å²) in [4.78, 5) is 9.24. The maximum Gasteiger partial charge on any atom is 0.107 e. The predicted molar refractivity (Wildman–Crippen MR) is 107 cm³/mol. The maximum absolute atomic E-state index is 12.8. The summed E-state index contributed by atoms with van der Waals surface area (Å²) < 4.78 is 12.8. The summed E-state index contributed by atoms with van der Waals surface area (Å²) in [7, 11) is 0. The molecule has 0 bridgehead atoms. The van der Waals surface area contributed by atoms with E-state index in [1.807, 2.05) is 11.8 Å². The van der Waals surface area contributed by atoms with Gasteiger partial charge in [-0.15, -0.1) is 0 Å². The lowest BCUT2D eigenvalue weighted by molar-refractivity contribution is 0.492. The van der Waals surface area contributed by atoms with Crippen LogP contribution in [-0.4, -0.2) is 37.8 Å². The molecule has 3 nitrogen and oxygen atoms in total. The van der Waals surface area contributed by atoms with Crippen molar-refractivity contribution in [2.24, 2.45) is 0 Å². The van der Waals surface area contributed by atoms with Crippen molar-refractivity contribution in [1.29, 1.82) is 0 Å². The highest BCUT2D eigenvalue weighted by Crippen LogP contribution is 2.27. The summed E-state index contributed by atoms with van der Waals surface area (Å²) in [6.45, 7) is 9.20. The lowest BCUT2D eigenvalue weighted by Crippen LogP contribution is -2.24. The number of aromatic nitrogens is 1. The minimum absolute atomic E-state index is 0.343. The molecule has 4 heteroatoms. The van der Waals surface area contributed by atoms with Gasteiger partial charge in [0.15, 0.2) is 0 Å². The average molecular weight is 339 g/mol. The highest BCUT2D eigenvalue weighted by molar-refractivity contribution is 5.95. The Labute approximate surface area is 149 Å². The van der Waals surface area contributed by atoms with Crippen molar-refractivity contribution in [3.05, 3.63) is 42.5 Å². The molecule has 132 valence electrons. The van der Waals surface area contributed by atoms with Crippen LogP contribution in [0.25, 0.3) is 21.8 Å². The van der Waals surface area contributed by atoms with E-state index < -0.39 is 0 Å². The summed E-state index contributed by atoms with van der Waals surface area (Å²) in [6.07, 6.45) is 0. The number of benzene rings is 2. The normalized spacial score (nSPS) is 11.2. The molecule has 1 aromatic heterocycles. The number of anilines is 2. The van der Waals surface area contributed by atoms with E-state index in [0.29, 0.717) is 6.54 Å². The number of fused-ring (bicyclic) bond motifs is 2. The lowest BCUT2D eigenvalue weighted by atomic mass is 10.1. The van der Waals surface area contributed by atoms with E-state index in [1.54, 1.807) is 0 Å². The van der Waals surface area contributed by atoms with Gasteiger partial charge in [0.1, 0.15) is 6.67 Å². The molecule has 0 N–H and O–H groups in total. The van der Waals surface area contributed by atoms with Crippen LogP contribution >= 0.6 is 0 Å². The second-order valence-electron chi connectivity index (χ2n) is 6.18. The van der Waals surface area contributed by atoms with Gasteiger partial charge in [0.2, 0.25) is 0 Å². The molecule has 3 rings (SSSR count). The van der Waals surface area contributed by atoms with Crippen LogP contribution in [0, 0.1) is 0 Å². The van der Waals surface area contributed by atoms with Gasteiger partial charge in [-0.3, -0.25) is 0 Å². The zero-order valence-corrected chi connectivity index (χ0v) is 15.3. The fourth-order valence-corrected chi connectivity index (χ4v) is 3.35. The van der Waals surface area contributed by atoms with Gasteiger partial charge in [-0.1, -0.05) is 12.1 Å². The number of hydrogen-bond donors (Lipinski definition) is 0. The van der Waals surface area contributed by atoms with Crippen LogP contribution in [0.5, 0.6) is 0 Å². The number of alkyl halides is 1. The number of halogens is 1. The third kappa shape index (κ3) is 3.53. The maximum atomic E-state index is 12.8. The zero-order valence-electron chi connectivity index (χ0n) is 15.3. The van der Waals surface area contributed by atoms with Crippen molar-refractivity contribution in [3.8, 4) is 0 Å². The standard InChI is InChI=1S/C21H26FN3/c1-4-24(5-2)18-9-7-16-13-17-8-10-19(25(6-3)12-11-22)15-21(17)23-20(16)14-18/h7-10,13-15H,4-6,11-12H2,1-3H3. The SMILES string of the molecule is CCN(CC)c1ccc2cc3ccc(N(CC)CCF)cc3nc2c1. The van der Waals surface area contributed by atoms with Crippen LogP contribution in [0.2, 0.25) is 0 Å². The third-order valence-electron chi connectivity index (χ3n) is 4.81. The molecular weight excluding hydrogens is 313 g/mol.